The molecule has 5 aromatic rings. The third kappa shape index (κ3) is 4.87. The van der Waals surface area contributed by atoms with Crippen molar-refractivity contribution in [3.05, 3.63) is 102 Å². The molecule has 0 saturated heterocycles. The van der Waals surface area contributed by atoms with Crippen molar-refractivity contribution in [2.45, 2.75) is 38.8 Å². The third-order valence-electron chi connectivity index (χ3n) is 6.37. The van der Waals surface area contributed by atoms with Gasteiger partial charge in [0.15, 0.2) is 5.65 Å². The smallest absolute Gasteiger partial charge is 0.257 e. The summed E-state index contributed by atoms with van der Waals surface area (Å²) in [7, 11) is 0. The number of hydrogen-bond donors (Lipinski definition) is 2. The molecule has 0 bridgehead atoms. The maximum Gasteiger partial charge on any atom is 0.257 e. The van der Waals surface area contributed by atoms with Crippen molar-refractivity contribution >= 4 is 33.9 Å². The Labute approximate surface area is 204 Å². The van der Waals surface area contributed by atoms with E-state index in [0.717, 1.165) is 30.3 Å². The van der Waals surface area contributed by atoms with Gasteiger partial charge in [0.25, 0.3) is 5.91 Å². The average molecular weight is 464 g/mol. The van der Waals surface area contributed by atoms with Crippen LogP contribution in [0, 0.1) is 0 Å². The van der Waals surface area contributed by atoms with Crippen molar-refractivity contribution < 1.29 is 4.79 Å². The van der Waals surface area contributed by atoms with Gasteiger partial charge < -0.3 is 15.6 Å². The van der Waals surface area contributed by atoms with E-state index in [0.29, 0.717) is 29.1 Å². The predicted octanol–water partition coefficient (Wildman–Crippen LogP) is 5.16. The van der Waals surface area contributed by atoms with Crippen LogP contribution in [0.25, 0.3) is 22.2 Å². The second kappa shape index (κ2) is 9.97. The predicted molar refractivity (Wildman–Crippen MR) is 141 cm³/mol. The molecule has 0 unspecified atom stereocenters. The Morgan fingerprint density at radius 1 is 0.857 bits per heavy atom. The number of aryl methyl sites for hydroxylation is 3. The summed E-state index contributed by atoms with van der Waals surface area (Å²) >= 11 is 0. The molecule has 2 heterocycles. The van der Waals surface area contributed by atoms with Crippen LogP contribution in [0.4, 0.5) is 5.82 Å². The first-order chi connectivity index (χ1) is 17.1. The van der Waals surface area contributed by atoms with Gasteiger partial charge in [-0.3, -0.25) is 4.79 Å². The van der Waals surface area contributed by atoms with Gasteiger partial charge in [0.2, 0.25) is 0 Å². The summed E-state index contributed by atoms with van der Waals surface area (Å²) in [6, 6.07) is 28.2. The minimum atomic E-state index is -0.212. The molecule has 35 heavy (non-hydrogen) atoms. The van der Waals surface area contributed by atoms with Gasteiger partial charge in [-0.25, -0.2) is 9.97 Å². The molecular weight excluding hydrogens is 434 g/mol. The number of nitrogens with zero attached hydrogens (tertiary/aromatic N) is 3. The molecule has 5 rings (SSSR count). The molecule has 0 fully saturated rings. The summed E-state index contributed by atoms with van der Waals surface area (Å²) in [6.45, 7) is 2.63. The number of aromatic nitrogens is 3. The van der Waals surface area contributed by atoms with Crippen molar-refractivity contribution in [1.82, 2.24) is 19.9 Å². The molecule has 0 spiro atoms. The molecule has 3 aromatic carbocycles. The Morgan fingerprint density at radius 2 is 1.43 bits per heavy atom. The molecule has 176 valence electrons. The molecule has 2 aromatic heterocycles. The van der Waals surface area contributed by atoms with E-state index in [4.69, 9.17) is 15.7 Å². The number of fused-ring (bicyclic) bond motifs is 2. The van der Waals surface area contributed by atoms with Gasteiger partial charge >= 0.3 is 0 Å². The number of hydrogen-bond acceptors (Lipinski definition) is 4. The van der Waals surface area contributed by atoms with Gasteiger partial charge in [-0.2, -0.15) is 0 Å². The van der Waals surface area contributed by atoms with Gasteiger partial charge in [0.05, 0.1) is 11.0 Å². The minimum Gasteiger partial charge on any atom is -0.384 e. The number of nitrogens with one attached hydrogen (secondary N) is 1. The summed E-state index contributed by atoms with van der Waals surface area (Å²) < 4.78 is 1.92. The Morgan fingerprint density at radius 3 is 2.09 bits per heavy atom. The highest BCUT2D eigenvalue weighted by Gasteiger charge is 2.24. The lowest BCUT2D eigenvalue weighted by atomic mass is 10.1. The summed E-state index contributed by atoms with van der Waals surface area (Å²) in [4.78, 5) is 23.1. The molecule has 1 atom stereocenters. The Bertz CT molecular complexity index is 1460. The first kappa shape index (κ1) is 22.6. The monoisotopic (exact) mass is 463 g/mol. The first-order valence-electron chi connectivity index (χ1n) is 12.0. The fourth-order valence-electron chi connectivity index (χ4n) is 4.45. The van der Waals surface area contributed by atoms with E-state index in [2.05, 4.69) is 29.6 Å². The van der Waals surface area contributed by atoms with E-state index in [1.54, 1.807) is 0 Å². The van der Waals surface area contributed by atoms with E-state index in [-0.39, 0.29) is 11.9 Å². The molecule has 3 N–H and O–H groups in total. The van der Waals surface area contributed by atoms with Crippen molar-refractivity contribution in [2.75, 3.05) is 5.73 Å². The van der Waals surface area contributed by atoms with Crippen LogP contribution >= 0.6 is 0 Å². The van der Waals surface area contributed by atoms with Crippen LogP contribution in [-0.4, -0.2) is 26.5 Å². The topological polar surface area (TPSA) is 85.8 Å². The Kier molecular flexibility index (Phi) is 6.44. The zero-order valence-electron chi connectivity index (χ0n) is 19.8. The van der Waals surface area contributed by atoms with Crippen LogP contribution in [0.15, 0.2) is 84.9 Å². The van der Waals surface area contributed by atoms with E-state index in [9.17, 15) is 4.79 Å². The second-order valence-electron chi connectivity index (χ2n) is 8.93. The highest BCUT2D eigenvalue weighted by molar-refractivity contribution is 6.10. The van der Waals surface area contributed by atoms with E-state index < -0.39 is 0 Å². The lowest BCUT2D eigenvalue weighted by molar-refractivity contribution is 0.0940. The Hall–Kier alpha value is -4.19. The number of rotatable bonds is 8. The first-order valence-corrected chi connectivity index (χ1v) is 12.0. The lowest BCUT2D eigenvalue weighted by Gasteiger charge is -2.14. The molecule has 6 heteroatoms. The zero-order chi connectivity index (χ0) is 24.2. The molecule has 0 saturated carbocycles. The second-order valence-corrected chi connectivity index (χ2v) is 8.93. The normalized spacial score (nSPS) is 12.1. The van der Waals surface area contributed by atoms with E-state index in [1.807, 2.05) is 72.2 Å². The molecule has 1 amide bonds. The summed E-state index contributed by atoms with van der Waals surface area (Å²) in [6.07, 6.45) is 2.50. The molecule has 0 aliphatic rings. The molecule has 0 aliphatic heterocycles. The van der Waals surface area contributed by atoms with Crippen molar-refractivity contribution in [3.8, 4) is 0 Å². The SMILES string of the molecule is C[C@H](CCc1ccccc1)NC(=O)c1c(N)n(CCc2ccccc2)c2nc3ccccc3nc12. The molecular formula is C29H29N5O. The molecule has 6 nitrogen and oxygen atoms in total. The number of amides is 1. The average Bonchev–Trinajstić information content (AvgIpc) is 3.16. The van der Waals surface area contributed by atoms with Gasteiger partial charge in [-0.15, -0.1) is 0 Å². The lowest BCUT2D eigenvalue weighted by Crippen LogP contribution is -2.33. The van der Waals surface area contributed by atoms with Crippen molar-refractivity contribution in [1.29, 1.82) is 0 Å². The minimum absolute atomic E-state index is 0.0155. The number of nitrogens with two attached hydrogens (primary N) is 1. The number of carbonyl (C=O) groups is 1. The van der Waals surface area contributed by atoms with Crippen LogP contribution in [-0.2, 0) is 19.4 Å². The van der Waals surface area contributed by atoms with Crippen LogP contribution < -0.4 is 11.1 Å². The standard InChI is InChI=1S/C29H29N5O/c1-20(16-17-21-10-4-2-5-11-21)31-29(35)25-26-28(33-24-15-9-8-14-23(24)32-26)34(27(25)30)19-18-22-12-6-3-7-13-22/h2-15,20H,16-19,30H2,1H3,(H,31,35)/t20-/m1/s1. The van der Waals surface area contributed by atoms with Crippen LogP contribution in [0.2, 0.25) is 0 Å². The van der Waals surface area contributed by atoms with Crippen LogP contribution in [0.5, 0.6) is 0 Å². The number of benzene rings is 3. The third-order valence-corrected chi connectivity index (χ3v) is 6.37. The largest absolute Gasteiger partial charge is 0.384 e. The highest BCUT2D eigenvalue weighted by Crippen LogP contribution is 2.28. The fourth-order valence-corrected chi connectivity index (χ4v) is 4.45. The summed E-state index contributed by atoms with van der Waals surface area (Å²) in [5.74, 6) is 0.190. The van der Waals surface area contributed by atoms with Crippen molar-refractivity contribution in [3.63, 3.8) is 0 Å². The van der Waals surface area contributed by atoms with Gasteiger partial charge in [0, 0.05) is 12.6 Å². The maximum absolute atomic E-state index is 13.5. The number of nitrogen functional groups attached to an aromatic ring is 1. The quantitative estimate of drug-likeness (QED) is 0.333. The van der Waals surface area contributed by atoms with Crippen LogP contribution in [0.3, 0.4) is 0 Å². The molecule has 0 radical (unpaired) electrons. The number of carbonyl (C=O) groups excluding carboxylic acids is 1. The molecule has 0 aliphatic carbocycles. The van der Waals surface area contributed by atoms with Gasteiger partial charge in [0.1, 0.15) is 16.9 Å². The van der Waals surface area contributed by atoms with Gasteiger partial charge in [-0.05, 0) is 49.4 Å². The van der Waals surface area contributed by atoms with Gasteiger partial charge in [-0.1, -0.05) is 72.8 Å². The summed E-state index contributed by atoms with van der Waals surface area (Å²) in [5.41, 5.74) is 12.2. The van der Waals surface area contributed by atoms with E-state index in [1.165, 1.54) is 11.1 Å². The number of anilines is 1. The maximum atomic E-state index is 13.5. The highest BCUT2D eigenvalue weighted by atomic mass is 16.1. The van der Waals surface area contributed by atoms with Crippen LogP contribution in [0.1, 0.15) is 34.8 Å². The van der Waals surface area contributed by atoms with Crippen molar-refractivity contribution in [2.24, 2.45) is 0 Å². The van der Waals surface area contributed by atoms with E-state index >= 15 is 0 Å². The fraction of sp³-hybridized carbons (Fsp3) is 0.207. The Balaban J connectivity index is 1.45. The zero-order valence-corrected chi connectivity index (χ0v) is 19.8. The number of para-hydroxylation sites is 2. The summed E-state index contributed by atoms with van der Waals surface area (Å²) in [5, 5.41) is 3.13.